The highest BCUT2D eigenvalue weighted by molar-refractivity contribution is 5.70. The van der Waals surface area contributed by atoms with Crippen LogP contribution in [0.3, 0.4) is 0 Å². The average molecular weight is 303 g/mol. The number of hydrogen-bond acceptors (Lipinski definition) is 5. The Balaban J connectivity index is 1.99. The van der Waals surface area contributed by atoms with Gasteiger partial charge in [0.1, 0.15) is 13.2 Å². The van der Waals surface area contributed by atoms with Crippen LogP contribution in [0.25, 0.3) is 0 Å². The molecule has 6 nitrogen and oxygen atoms in total. The summed E-state index contributed by atoms with van der Waals surface area (Å²) in [7, 11) is 0. The van der Waals surface area contributed by atoms with E-state index in [0.29, 0.717) is 50.2 Å². The molecule has 6 heteroatoms. The van der Waals surface area contributed by atoms with E-state index in [0.717, 1.165) is 0 Å². The van der Waals surface area contributed by atoms with Gasteiger partial charge in [-0.1, -0.05) is 0 Å². The van der Waals surface area contributed by atoms with Crippen LogP contribution >= 0.6 is 0 Å². The highest BCUT2D eigenvalue weighted by Crippen LogP contribution is 2.50. The minimum absolute atomic E-state index is 0.00855. The van der Waals surface area contributed by atoms with Gasteiger partial charge in [-0.15, -0.1) is 0 Å². The molecule has 1 aliphatic carbocycles. The Labute approximate surface area is 127 Å². The van der Waals surface area contributed by atoms with Crippen molar-refractivity contribution in [2.45, 2.75) is 31.1 Å². The third kappa shape index (κ3) is 2.23. The highest BCUT2D eigenvalue weighted by atomic mass is 16.6. The first-order valence-electron chi connectivity index (χ1n) is 7.33. The van der Waals surface area contributed by atoms with Gasteiger partial charge in [-0.2, -0.15) is 5.26 Å². The second kappa shape index (κ2) is 5.41. The molecule has 1 aliphatic heterocycles. The zero-order chi connectivity index (χ0) is 15.7. The first kappa shape index (κ1) is 14.5. The number of fused-ring (bicyclic) bond motifs is 1. The molecule has 0 saturated heterocycles. The van der Waals surface area contributed by atoms with Gasteiger partial charge in [-0.05, 0) is 37.8 Å². The normalized spacial score (nSPS) is 27.0. The van der Waals surface area contributed by atoms with Crippen molar-refractivity contribution in [1.29, 1.82) is 5.26 Å². The molecule has 0 aromatic heterocycles. The van der Waals surface area contributed by atoms with Crippen molar-refractivity contribution < 1.29 is 24.5 Å². The Morgan fingerprint density at radius 1 is 1.23 bits per heavy atom. The van der Waals surface area contributed by atoms with E-state index in [1.165, 1.54) is 6.07 Å². The van der Waals surface area contributed by atoms with Crippen molar-refractivity contribution in [2.75, 3.05) is 13.2 Å². The summed E-state index contributed by atoms with van der Waals surface area (Å²) in [4.78, 5) is 11.1. The topological polar surface area (TPSA) is 99.8 Å². The number of aliphatic carboxylic acids is 1. The minimum Gasteiger partial charge on any atom is -0.504 e. The van der Waals surface area contributed by atoms with Crippen molar-refractivity contribution in [3.63, 3.8) is 0 Å². The lowest BCUT2D eigenvalue weighted by molar-refractivity contribution is -0.143. The molecule has 116 valence electrons. The number of phenols is 1. The van der Waals surface area contributed by atoms with Gasteiger partial charge in [0, 0.05) is 5.56 Å². The maximum atomic E-state index is 11.1. The zero-order valence-electron chi connectivity index (χ0n) is 12.0. The molecular weight excluding hydrogens is 286 g/mol. The molecule has 0 bridgehead atoms. The van der Waals surface area contributed by atoms with Crippen molar-refractivity contribution in [1.82, 2.24) is 0 Å². The Morgan fingerprint density at radius 2 is 1.86 bits per heavy atom. The van der Waals surface area contributed by atoms with E-state index in [1.54, 1.807) is 6.07 Å². The number of hydrogen-bond donors (Lipinski definition) is 2. The fraction of sp³-hybridized carbons (Fsp3) is 0.500. The summed E-state index contributed by atoms with van der Waals surface area (Å²) in [5.74, 6) is -0.517. The van der Waals surface area contributed by atoms with E-state index in [9.17, 15) is 15.2 Å². The fourth-order valence-corrected chi connectivity index (χ4v) is 3.30. The van der Waals surface area contributed by atoms with Gasteiger partial charge in [0.2, 0.25) is 5.75 Å². The van der Waals surface area contributed by atoms with Gasteiger partial charge >= 0.3 is 5.97 Å². The predicted molar refractivity (Wildman–Crippen MR) is 76.0 cm³/mol. The molecular formula is C16H17NO5. The summed E-state index contributed by atoms with van der Waals surface area (Å²) in [5.41, 5.74) is -0.101. The quantitative estimate of drug-likeness (QED) is 0.868. The van der Waals surface area contributed by atoms with E-state index in [-0.39, 0.29) is 11.5 Å². The average Bonchev–Trinajstić information content (AvgIpc) is 2.55. The van der Waals surface area contributed by atoms with Crippen molar-refractivity contribution >= 4 is 5.97 Å². The van der Waals surface area contributed by atoms with Crippen molar-refractivity contribution in [3.05, 3.63) is 17.7 Å². The lowest BCUT2D eigenvalue weighted by Crippen LogP contribution is -2.34. The number of rotatable bonds is 2. The van der Waals surface area contributed by atoms with Gasteiger partial charge in [0.15, 0.2) is 11.5 Å². The van der Waals surface area contributed by atoms with Crippen molar-refractivity contribution in [3.8, 4) is 23.3 Å². The number of benzene rings is 1. The van der Waals surface area contributed by atoms with Gasteiger partial charge in [0.05, 0.1) is 17.4 Å². The summed E-state index contributed by atoms with van der Waals surface area (Å²) in [5, 5.41) is 28.7. The first-order chi connectivity index (χ1) is 10.6. The third-order valence-electron chi connectivity index (χ3n) is 4.59. The molecule has 1 aromatic rings. The van der Waals surface area contributed by atoms with E-state index >= 15 is 0 Å². The van der Waals surface area contributed by atoms with Crippen LogP contribution in [-0.2, 0) is 10.2 Å². The number of carbonyl (C=O) groups is 1. The highest BCUT2D eigenvalue weighted by Gasteiger charge is 2.42. The van der Waals surface area contributed by atoms with Crippen LogP contribution in [0.4, 0.5) is 0 Å². The van der Waals surface area contributed by atoms with Crippen molar-refractivity contribution in [2.24, 2.45) is 5.92 Å². The van der Waals surface area contributed by atoms with Gasteiger partial charge in [-0.25, -0.2) is 0 Å². The lowest BCUT2D eigenvalue weighted by Gasteiger charge is -2.36. The SMILES string of the molecule is N#CC1(c2ccc(O)c3c2OCCO3)CCC(C(=O)O)CC1. The van der Waals surface area contributed by atoms with E-state index in [1.807, 2.05) is 0 Å². The monoisotopic (exact) mass is 303 g/mol. The summed E-state index contributed by atoms with van der Waals surface area (Å²) in [6.45, 7) is 0.716. The largest absolute Gasteiger partial charge is 0.504 e. The third-order valence-corrected chi connectivity index (χ3v) is 4.59. The molecule has 22 heavy (non-hydrogen) atoms. The molecule has 1 fully saturated rings. The fourth-order valence-electron chi connectivity index (χ4n) is 3.30. The van der Waals surface area contributed by atoms with E-state index < -0.39 is 17.3 Å². The predicted octanol–water partition coefficient (Wildman–Crippen LogP) is 2.20. The van der Waals surface area contributed by atoms with Crippen LogP contribution in [0, 0.1) is 17.2 Å². The summed E-state index contributed by atoms with van der Waals surface area (Å²) in [6.07, 6.45) is 1.83. The summed E-state index contributed by atoms with van der Waals surface area (Å²) >= 11 is 0. The molecule has 1 saturated carbocycles. The zero-order valence-corrected chi connectivity index (χ0v) is 12.0. The number of phenolic OH excluding ortho intramolecular Hbond substituents is 1. The number of nitrogens with zero attached hydrogens (tertiary/aromatic N) is 1. The van der Waals surface area contributed by atoms with Crippen LogP contribution in [0.5, 0.6) is 17.2 Å². The maximum Gasteiger partial charge on any atom is 0.306 e. The molecule has 0 atom stereocenters. The smallest absolute Gasteiger partial charge is 0.306 e. The second-order valence-corrected chi connectivity index (χ2v) is 5.79. The van der Waals surface area contributed by atoms with Gasteiger partial charge in [-0.3, -0.25) is 4.79 Å². The van der Waals surface area contributed by atoms with Crippen LogP contribution in [-0.4, -0.2) is 29.4 Å². The number of carboxylic acid groups (broad SMARTS) is 1. The Bertz CT molecular complexity index is 641. The van der Waals surface area contributed by atoms with E-state index in [4.69, 9.17) is 14.6 Å². The van der Waals surface area contributed by atoms with Gasteiger partial charge in [0.25, 0.3) is 0 Å². The molecule has 2 N–H and O–H groups in total. The molecule has 0 spiro atoms. The van der Waals surface area contributed by atoms with Gasteiger partial charge < -0.3 is 19.7 Å². The Hall–Kier alpha value is -2.42. The van der Waals surface area contributed by atoms with E-state index in [2.05, 4.69) is 6.07 Å². The summed E-state index contributed by atoms with van der Waals surface area (Å²) < 4.78 is 11.1. The number of nitriles is 1. The lowest BCUT2D eigenvalue weighted by atomic mass is 9.67. The number of aromatic hydroxyl groups is 1. The molecule has 1 aromatic carbocycles. The van der Waals surface area contributed by atoms with Crippen LogP contribution in [0.1, 0.15) is 31.2 Å². The molecule has 3 rings (SSSR count). The van der Waals surface area contributed by atoms with Crippen LogP contribution < -0.4 is 9.47 Å². The maximum absolute atomic E-state index is 11.1. The molecule has 0 amide bonds. The van der Waals surface area contributed by atoms with Crippen LogP contribution in [0.15, 0.2) is 12.1 Å². The molecule has 2 aliphatic rings. The Morgan fingerprint density at radius 3 is 2.45 bits per heavy atom. The Kier molecular flexibility index (Phi) is 3.57. The second-order valence-electron chi connectivity index (χ2n) is 5.79. The minimum atomic E-state index is -0.807. The van der Waals surface area contributed by atoms with Crippen LogP contribution in [0.2, 0.25) is 0 Å². The standard InChI is InChI=1S/C16H17NO5/c17-9-16(5-3-10(4-6-16)15(19)20)11-1-2-12(18)14-13(11)21-7-8-22-14/h1-2,10,18H,3-8H2,(H,19,20). The molecule has 1 heterocycles. The number of ether oxygens (including phenoxy) is 2. The molecule has 0 radical (unpaired) electrons. The molecule has 0 unspecified atom stereocenters. The first-order valence-corrected chi connectivity index (χ1v) is 7.33. The number of carboxylic acids is 1. The summed E-state index contributed by atoms with van der Waals surface area (Å²) in [6, 6.07) is 5.55.